The summed E-state index contributed by atoms with van der Waals surface area (Å²) in [6.45, 7) is 6.90. The van der Waals surface area contributed by atoms with Crippen molar-refractivity contribution in [1.29, 1.82) is 0 Å². The molecule has 1 aromatic heterocycles. The topological polar surface area (TPSA) is 55.1 Å². The molecule has 3 rings (SSSR count). The summed E-state index contributed by atoms with van der Waals surface area (Å²) in [5, 5.41) is 8.95. The molecule has 0 saturated heterocycles. The van der Waals surface area contributed by atoms with Crippen LogP contribution < -0.4 is 0 Å². The van der Waals surface area contributed by atoms with Crippen LogP contribution in [0, 0.1) is 19.8 Å². The highest BCUT2D eigenvalue weighted by molar-refractivity contribution is 5.78. The van der Waals surface area contributed by atoms with Gasteiger partial charge in [0, 0.05) is 12.5 Å². The molecule has 4 heteroatoms. The van der Waals surface area contributed by atoms with Crippen molar-refractivity contribution in [2.75, 3.05) is 0 Å². The van der Waals surface area contributed by atoms with E-state index in [-0.39, 0.29) is 6.42 Å². The molecule has 20 heavy (non-hydrogen) atoms. The minimum Gasteiger partial charge on any atom is -0.481 e. The smallest absolute Gasteiger partial charge is 0.305 e. The van der Waals surface area contributed by atoms with Crippen LogP contribution in [0.25, 0.3) is 11.0 Å². The summed E-state index contributed by atoms with van der Waals surface area (Å²) in [7, 11) is 0. The third-order valence-electron chi connectivity index (χ3n) is 4.38. The Morgan fingerprint density at radius 3 is 2.65 bits per heavy atom. The van der Waals surface area contributed by atoms with Crippen LogP contribution in [0.3, 0.4) is 0 Å². The summed E-state index contributed by atoms with van der Waals surface area (Å²) in [6.07, 6.45) is 1.31. The molecule has 1 saturated carbocycles. The molecule has 0 amide bonds. The van der Waals surface area contributed by atoms with Crippen molar-refractivity contribution < 1.29 is 9.90 Å². The van der Waals surface area contributed by atoms with Crippen molar-refractivity contribution in [3.63, 3.8) is 0 Å². The van der Waals surface area contributed by atoms with Gasteiger partial charge in [-0.2, -0.15) is 0 Å². The van der Waals surface area contributed by atoms with E-state index in [1.54, 1.807) is 0 Å². The van der Waals surface area contributed by atoms with Crippen LogP contribution in [0.15, 0.2) is 12.1 Å². The van der Waals surface area contributed by atoms with E-state index in [1.165, 1.54) is 11.1 Å². The number of rotatable bonds is 4. The highest BCUT2D eigenvalue weighted by atomic mass is 16.4. The molecule has 1 N–H and O–H groups in total. The zero-order chi connectivity index (χ0) is 14.4. The van der Waals surface area contributed by atoms with E-state index in [2.05, 4.69) is 37.5 Å². The van der Waals surface area contributed by atoms with Crippen LogP contribution in [0.5, 0.6) is 0 Å². The van der Waals surface area contributed by atoms with Crippen LogP contribution in [0.2, 0.25) is 0 Å². The SMILES string of the molecule is Cc1cc2nc(C3CC3C)n(CCC(=O)O)c2cc1C. The van der Waals surface area contributed by atoms with E-state index < -0.39 is 5.97 Å². The maximum Gasteiger partial charge on any atom is 0.305 e. The molecule has 1 heterocycles. The standard InChI is InChI=1S/C16H20N2O2/c1-9-7-13-14(8-10(9)2)18(5-4-15(19)20)16(17-13)12-6-11(12)3/h7-8,11-12H,4-6H2,1-3H3,(H,19,20). The maximum atomic E-state index is 10.9. The average molecular weight is 272 g/mol. The van der Waals surface area contributed by atoms with Crippen molar-refractivity contribution in [3.05, 3.63) is 29.1 Å². The third kappa shape index (κ3) is 2.19. The van der Waals surface area contributed by atoms with E-state index in [0.717, 1.165) is 23.3 Å². The second-order valence-corrected chi connectivity index (χ2v) is 6.01. The Kier molecular flexibility index (Phi) is 3.04. The van der Waals surface area contributed by atoms with Crippen molar-refractivity contribution >= 4 is 17.0 Å². The van der Waals surface area contributed by atoms with E-state index in [0.29, 0.717) is 18.4 Å². The molecule has 2 atom stereocenters. The largest absolute Gasteiger partial charge is 0.481 e. The monoisotopic (exact) mass is 272 g/mol. The average Bonchev–Trinajstić information content (AvgIpc) is 2.99. The summed E-state index contributed by atoms with van der Waals surface area (Å²) in [5.74, 6) is 1.47. The molecule has 1 aliphatic carbocycles. The first-order chi connectivity index (χ1) is 9.47. The Balaban J connectivity index is 2.10. The first-order valence-corrected chi connectivity index (χ1v) is 7.16. The summed E-state index contributed by atoms with van der Waals surface area (Å²) in [4.78, 5) is 15.7. The fourth-order valence-electron chi connectivity index (χ4n) is 2.81. The number of nitrogens with zero attached hydrogens (tertiary/aromatic N) is 2. The van der Waals surface area contributed by atoms with Crippen LogP contribution in [0.1, 0.15) is 42.6 Å². The number of benzene rings is 1. The van der Waals surface area contributed by atoms with E-state index in [1.807, 2.05) is 0 Å². The van der Waals surface area contributed by atoms with Gasteiger partial charge in [0.1, 0.15) is 5.82 Å². The highest BCUT2D eigenvalue weighted by Gasteiger charge is 2.38. The van der Waals surface area contributed by atoms with Crippen LogP contribution in [0.4, 0.5) is 0 Å². The van der Waals surface area contributed by atoms with Gasteiger partial charge >= 0.3 is 5.97 Å². The van der Waals surface area contributed by atoms with Gasteiger partial charge in [0.25, 0.3) is 0 Å². The van der Waals surface area contributed by atoms with Crippen molar-refractivity contribution in [2.24, 2.45) is 5.92 Å². The lowest BCUT2D eigenvalue weighted by atomic mass is 10.1. The lowest BCUT2D eigenvalue weighted by Gasteiger charge is -2.08. The molecule has 1 fully saturated rings. The zero-order valence-corrected chi connectivity index (χ0v) is 12.2. The van der Waals surface area contributed by atoms with Crippen LogP contribution in [-0.4, -0.2) is 20.6 Å². The van der Waals surface area contributed by atoms with Gasteiger partial charge in [-0.3, -0.25) is 4.79 Å². The maximum absolute atomic E-state index is 10.9. The van der Waals surface area contributed by atoms with Gasteiger partial charge in [-0.15, -0.1) is 0 Å². The third-order valence-corrected chi connectivity index (χ3v) is 4.38. The number of carboxylic acid groups (broad SMARTS) is 1. The Hall–Kier alpha value is -1.84. The normalized spacial score (nSPS) is 21.4. The quantitative estimate of drug-likeness (QED) is 0.929. The summed E-state index contributed by atoms with van der Waals surface area (Å²) in [5.41, 5.74) is 4.52. The van der Waals surface area contributed by atoms with Crippen LogP contribution >= 0.6 is 0 Å². The summed E-state index contributed by atoms with van der Waals surface area (Å²) < 4.78 is 2.12. The number of aliphatic carboxylic acids is 1. The number of carbonyl (C=O) groups is 1. The number of carboxylic acids is 1. The summed E-state index contributed by atoms with van der Waals surface area (Å²) >= 11 is 0. The molecular weight excluding hydrogens is 252 g/mol. The van der Waals surface area contributed by atoms with Crippen LogP contribution in [-0.2, 0) is 11.3 Å². The van der Waals surface area contributed by atoms with E-state index in [9.17, 15) is 4.79 Å². The zero-order valence-electron chi connectivity index (χ0n) is 12.2. The lowest BCUT2D eigenvalue weighted by Crippen LogP contribution is -2.08. The van der Waals surface area contributed by atoms with Gasteiger partial charge in [0.2, 0.25) is 0 Å². The van der Waals surface area contributed by atoms with Gasteiger partial charge in [-0.05, 0) is 49.4 Å². The van der Waals surface area contributed by atoms with Crippen molar-refractivity contribution in [1.82, 2.24) is 9.55 Å². The number of hydrogen-bond acceptors (Lipinski definition) is 2. The summed E-state index contributed by atoms with van der Waals surface area (Å²) in [6, 6.07) is 4.24. The fourth-order valence-corrected chi connectivity index (χ4v) is 2.81. The first kappa shape index (κ1) is 13.2. The van der Waals surface area contributed by atoms with Crippen molar-refractivity contribution in [3.8, 4) is 0 Å². The Morgan fingerprint density at radius 1 is 1.40 bits per heavy atom. The molecule has 0 aliphatic heterocycles. The molecule has 0 spiro atoms. The minimum absolute atomic E-state index is 0.145. The molecule has 2 aromatic rings. The molecule has 1 aliphatic rings. The van der Waals surface area contributed by atoms with Gasteiger partial charge in [0.15, 0.2) is 0 Å². The first-order valence-electron chi connectivity index (χ1n) is 7.16. The van der Waals surface area contributed by atoms with Gasteiger partial charge in [-0.1, -0.05) is 6.92 Å². The highest BCUT2D eigenvalue weighted by Crippen LogP contribution is 2.47. The second-order valence-electron chi connectivity index (χ2n) is 6.01. The molecule has 4 nitrogen and oxygen atoms in total. The molecule has 2 unspecified atom stereocenters. The number of aromatic nitrogens is 2. The second kappa shape index (κ2) is 4.62. The fraction of sp³-hybridized carbons (Fsp3) is 0.500. The molecule has 106 valence electrons. The van der Waals surface area contributed by atoms with Crippen molar-refractivity contribution in [2.45, 2.75) is 46.1 Å². The van der Waals surface area contributed by atoms with E-state index in [4.69, 9.17) is 10.1 Å². The number of hydrogen-bond donors (Lipinski definition) is 1. The predicted molar refractivity (Wildman–Crippen MR) is 78.0 cm³/mol. The molecule has 0 radical (unpaired) electrons. The van der Waals surface area contributed by atoms with Gasteiger partial charge in [0.05, 0.1) is 17.5 Å². The minimum atomic E-state index is -0.759. The molecule has 0 bridgehead atoms. The number of aryl methyl sites for hydroxylation is 3. The molecular formula is C16H20N2O2. The Labute approximate surface area is 118 Å². The van der Waals surface area contributed by atoms with Gasteiger partial charge < -0.3 is 9.67 Å². The molecule has 1 aromatic carbocycles. The number of fused-ring (bicyclic) bond motifs is 1. The Morgan fingerprint density at radius 2 is 2.05 bits per heavy atom. The van der Waals surface area contributed by atoms with Gasteiger partial charge in [-0.25, -0.2) is 4.98 Å². The van der Waals surface area contributed by atoms with E-state index >= 15 is 0 Å². The Bertz CT molecular complexity index is 687. The number of imidazole rings is 1. The predicted octanol–water partition coefficient (Wildman–Crippen LogP) is 3.25. The lowest BCUT2D eigenvalue weighted by molar-refractivity contribution is -0.137.